The Morgan fingerprint density at radius 3 is 1.72 bits per heavy atom. The van der Waals surface area contributed by atoms with Gasteiger partial charge in [-0.2, -0.15) is 0 Å². The molecule has 0 bridgehead atoms. The maximum Gasteiger partial charge on any atom is 0.264 e. The molecule has 0 fully saturated rings. The second kappa shape index (κ2) is 10.3. The van der Waals surface area contributed by atoms with Crippen molar-refractivity contribution in [1.29, 1.82) is 0 Å². The van der Waals surface area contributed by atoms with E-state index in [0.29, 0.717) is 25.3 Å². The summed E-state index contributed by atoms with van der Waals surface area (Å²) in [5, 5.41) is 0. The van der Waals surface area contributed by atoms with Crippen molar-refractivity contribution >= 4 is 5.91 Å². The van der Waals surface area contributed by atoms with Crippen LogP contribution in [0.4, 0.5) is 0 Å². The van der Waals surface area contributed by atoms with Crippen molar-refractivity contribution in [3.05, 3.63) is 96.1 Å². The Kier molecular flexibility index (Phi) is 7.28. The van der Waals surface area contributed by atoms with Gasteiger partial charge in [-0.05, 0) is 41.8 Å². The second-order valence-electron chi connectivity index (χ2n) is 6.86. The number of hydrogen-bond acceptors (Lipinski definition) is 3. The van der Waals surface area contributed by atoms with Crippen molar-refractivity contribution < 1.29 is 14.3 Å². The number of benzene rings is 3. The fourth-order valence-electron chi connectivity index (χ4n) is 3.15. The first-order chi connectivity index (χ1) is 14.2. The van der Waals surface area contributed by atoms with Crippen molar-refractivity contribution in [2.45, 2.75) is 32.5 Å². The van der Waals surface area contributed by atoms with E-state index in [1.54, 1.807) is 7.11 Å². The molecule has 0 heterocycles. The van der Waals surface area contributed by atoms with E-state index >= 15 is 0 Å². The number of ether oxygens (including phenoxy) is 2. The quantitative estimate of drug-likeness (QED) is 0.512. The third-order valence-electron chi connectivity index (χ3n) is 4.73. The molecule has 3 aromatic rings. The lowest BCUT2D eigenvalue weighted by Gasteiger charge is -2.28. The zero-order valence-electron chi connectivity index (χ0n) is 17.0. The van der Waals surface area contributed by atoms with Crippen LogP contribution in [0.1, 0.15) is 24.5 Å². The van der Waals surface area contributed by atoms with E-state index in [2.05, 4.69) is 0 Å². The lowest BCUT2D eigenvalue weighted by atomic mass is 10.1. The van der Waals surface area contributed by atoms with Crippen LogP contribution in [-0.4, -0.2) is 24.0 Å². The lowest BCUT2D eigenvalue weighted by Crippen LogP contribution is -2.41. The van der Waals surface area contributed by atoms with Crippen molar-refractivity contribution in [3.8, 4) is 11.5 Å². The Balaban J connectivity index is 1.78. The van der Waals surface area contributed by atoms with Gasteiger partial charge < -0.3 is 14.4 Å². The molecule has 0 saturated heterocycles. The van der Waals surface area contributed by atoms with E-state index in [1.807, 2.05) is 96.8 Å². The Hall–Kier alpha value is -3.27. The maximum atomic E-state index is 13.4. The number of hydrogen-bond donors (Lipinski definition) is 0. The molecule has 150 valence electrons. The standard InChI is InChI=1S/C25H27NO3/c1-3-24(29-23-16-14-22(28-2)15-17-23)25(27)26(18-20-10-6-4-7-11-20)19-21-12-8-5-9-13-21/h4-17,24H,3,18-19H2,1-2H3/t24-/m1/s1. The lowest BCUT2D eigenvalue weighted by molar-refractivity contribution is -0.140. The maximum absolute atomic E-state index is 13.4. The summed E-state index contributed by atoms with van der Waals surface area (Å²) in [5.41, 5.74) is 2.19. The van der Waals surface area contributed by atoms with Gasteiger partial charge in [0.25, 0.3) is 5.91 Å². The molecule has 3 rings (SSSR count). The smallest absolute Gasteiger partial charge is 0.264 e. The Morgan fingerprint density at radius 2 is 1.28 bits per heavy atom. The molecule has 29 heavy (non-hydrogen) atoms. The number of nitrogens with zero attached hydrogens (tertiary/aromatic N) is 1. The summed E-state index contributed by atoms with van der Waals surface area (Å²) in [5.74, 6) is 1.40. The number of carbonyl (C=O) groups excluding carboxylic acids is 1. The minimum Gasteiger partial charge on any atom is -0.497 e. The Morgan fingerprint density at radius 1 is 0.793 bits per heavy atom. The van der Waals surface area contributed by atoms with Crippen LogP contribution in [0.15, 0.2) is 84.9 Å². The minimum atomic E-state index is -0.546. The summed E-state index contributed by atoms with van der Waals surface area (Å²) in [6, 6.07) is 27.4. The average molecular weight is 389 g/mol. The van der Waals surface area contributed by atoms with Crippen molar-refractivity contribution in [2.75, 3.05) is 7.11 Å². The van der Waals surface area contributed by atoms with Crippen LogP contribution < -0.4 is 9.47 Å². The monoisotopic (exact) mass is 389 g/mol. The van der Waals surface area contributed by atoms with E-state index in [1.165, 1.54) is 0 Å². The third kappa shape index (κ3) is 5.85. The van der Waals surface area contributed by atoms with Gasteiger partial charge in [-0.15, -0.1) is 0 Å². The SMILES string of the molecule is CC[C@@H](Oc1ccc(OC)cc1)C(=O)N(Cc1ccccc1)Cc1ccccc1. The van der Waals surface area contributed by atoms with E-state index in [0.717, 1.165) is 16.9 Å². The van der Waals surface area contributed by atoms with Gasteiger partial charge in [0.05, 0.1) is 7.11 Å². The molecule has 0 aliphatic heterocycles. The molecule has 4 heteroatoms. The van der Waals surface area contributed by atoms with Gasteiger partial charge in [0.15, 0.2) is 6.10 Å². The van der Waals surface area contributed by atoms with Gasteiger partial charge in [-0.3, -0.25) is 4.79 Å². The van der Waals surface area contributed by atoms with E-state index < -0.39 is 6.10 Å². The molecule has 1 atom stereocenters. The predicted molar refractivity (Wildman–Crippen MR) is 115 cm³/mol. The van der Waals surface area contributed by atoms with Gasteiger partial charge in [-0.1, -0.05) is 67.6 Å². The number of rotatable bonds is 9. The first-order valence-corrected chi connectivity index (χ1v) is 9.87. The topological polar surface area (TPSA) is 38.8 Å². The molecule has 1 amide bonds. The highest BCUT2D eigenvalue weighted by Crippen LogP contribution is 2.21. The summed E-state index contributed by atoms with van der Waals surface area (Å²) in [4.78, 5) is 15.3. The van der Waals surface area contributed by atoms with Crippen LogP contribution in [0.25, 0.3) is 0 Å². The van der Waals surface area contributed by atoms with Gasteiger partial charge in [0, 0.05) is 13.1 Å². The molecule has 4 nitrogen and oxygen atoms in total. The highest BCUT2D eigenvalue weighted by Gasteiger charge is 2.25. The zero-order chi connectivity index (χ0) is 20.5. The van der Waals surface area contributed by atoms with E-state index in [9.17, 15) is 4.79 Å². The summed E-state index contributed by atoms with van der Waals surface area (Å²) < 4.78 is 11.2. The number of methoxy groups -OCH3 is 1. The van der Waals surface area contributed by atoms with Crippen LogP contribution in [-0.2, 0) is 17.9 Å². The Bertz CT molecular complexity index is 837. The summed E-state index contributed by atoms with van der Waals surface area (Å²) in [6.07, 6.45) is 0.0427. The summed E-state index contributed by atoms with van der Waals surface area (Å²) in [6.45, 7) is 3.05. The summed E-state index contributed by atoms with van der Waals surface area (Å²) >= 11 is 0. The zero-order valence-corrected chi connectivity index (χ0v) is 17.0. The first-order valence-electron chi connectivity index (χ1n) is 9.87. The highest BCUT2D eigenvalue weighted by atomic mass is 16.5. The molecule has 0 aliphatic carbocycles. The highest BCUT2D eigenvalue weighted by molar-refractivity contribution is 5.81. The van der Waals surface area contributed by atoms with Gasteiger partial charge >= 0.3 is 0 Å². The first kappa shape index (κ1) is 20.5. The van der Waals surface area contributed by atoms with Gasteiger partial charge in [-0.25, -0.2) is 0 Å². The molecule has 0 aliphatic rings. The van der Waals surface area contributed by atoms with E-state index in [-0.39, 0.29) is 5.91 Å². The fraction of sp³-hybridized carbons (Fsp3) is 0.240. The molecule has 3 aromatic carbocycles. The molecular weight excluding hydrogens is 362 g/mol. The van der Waals surface area contributed by atoms with Crippen molar-refractivity contribution in [3.63, 3.8) is 0 Å². The van der Waals surface area contributed by atoms with Crippen LogP contribution >= 0.6 is 0 Å². The number of carbonyl (C=O) groups is 1. The van der Waals surface area contributed by atoms with Gasteiger partial charge in [0.1, 0.15) is 11.5 Å². The predicted octanol–water partition coefficient (Wildman–Crippen LogP) is 5.08. The van der Waals surface area contributed by atoms with Crippen LogP contribution in [0, 0.1) is 0 Å². The van der Waals surface area contributed by atoms with Crippen LogP contribution in [0.2, 0.25) is 0 Å². The van der Waals surface area contributed by atoms with Crippen LogP contribution in [0.3, 0.4) is 0 Å². The van der Waals surface area contributed by atoms with Crippen molar-refractivity contribution in [1.82, 2.24) is 4.90 Å². The molecule has 0 aromatic heterocycles. The molecule has 0 radical (unpaired) electrons. The summed E-state index contributed by atoms with van der Waals surface area (Å²) in [7, 11) is 1.62. The molecule has 0 spiro atoms. The normalized spacial score (nSPS) is 11.5. The van der Waals surface area contributed by atoms with Crippen molar-refractivity contribution in [2.24, 2.45) is 0 Å². The molecule has 0 N–H and O–H groups in total. The van der Waals surface area contributed by atoms with E-state index in [4.69, 9.17) is 9.47 Å². The molecular formula is C25H27NO3. The molecule has 0 unspecified atom stereocenters. The Labute approximate surface area is 172 Å². The minimum absolute atomic E-state index is 0.0176. The third-order valence-corrected chi connectivity index (χ3v) is 4.73. The number of amides is 1. The second-order valence-corrected chi connectivity index (χ2v) is 6.86. The fourth-order valence-corrected chi connectivity index (χ4v) is 3.15. The van der Waals surface area contributed by atoms with Crippen LogP contribution in [0.5, 0.6) is 11.5 Å². The molecule has 0 saturated carbocycles. The average Bonchev–Trinajstić information content (AvgIpc) is 2.78. The largest absolute Gasteiger partial charge is 0.497 e. The van der Waals surface area contributed by atoms with Gasteiger partial charge in [0.2, 0.25) is 0 Å².